The summed E-state index contributed by atoms with van der Waals surface area (Å²) in [5.41, 5.74) is 1.16. The lowest BCUT2D eigenvalue weighted by molar-refractivity contribution is 0.108. The zero-order chi connectivity index (χ0) is 14.2. The number of rotatable bonds is 6. The number of aliphatic hydroxyl groups excluding tert-OH is 1. The average Bonchev–Trinajstić information content (AvgIpc) is 2.48. The van der Waals surface area contributed by atoms with Crippen LogP contribution in [-0.2, 0) is 6.54 Å². The first-order valence-electron chi connectivity index (χ1n) is 7.25. The van der Waals surface area contributed by atoms with E-state index < -0.39 is 0 Å². The van der Waals surface area contributed by atoms with Crippen LogP contribution in [0, 0.1) is 17.2 Å². The molecule has 0 amide bonds. The summed E-state index contributed by atoms with van der Waals surface area (Å²) >= 11 is 0. The van der Waals surface area contributed by atoms with Crippen molar-refractivity contribution in [3.63, 3.8) is 0 Å². The normalized spacial score (nSPS) is 22.2. The quantitative estimate of drug-likeness (QED) is 0.835. The SMILES string of the molecule is N#CCOc1cccc(CNCC2CCC(O)CC2)c1. The Balaban J connectivity index is 1.72. The first-order valence-corrected chi connectivity index (χ1v) is 7.25. The van der Waals surface area contributed by atoms with Crippen LogP contribution in [0.3, 0.4) is 0 Å². The summed E-state index contributed by atoms with van der Waals surface area (Å²) in [5.74, 6) is 1.42. The first-order chi connectivity index (χ1) is 9.78. The lowest BCUT2D eigenvalue weighted by Crippen LogP contribution is -2.27. The molecular formula is C16H22N2O2. The molecule has 1 fully saturated rings. The molecule has 2 N–H and O–H groups in total. The fourth-order valence-electron chi connectivity index (χ4n) is 2.63. The van der Waals surface area contributed by atoms with Crippen molar-refractivity contribution in [2.75, 3.05) is 13.2 Å². The second-order valence-electron chi connectivity index (χ2n) is 5.40. The molecule has 0 radical (unpaired) electrons. The topological polar surface area (TPSA) is 65.3 Å². The highest BCUT2D eigenvalue weighted by molar-refractivity contribution is 5.28. The number of benzene rings is 1. The number of ether oxygens (including phenoxy) is 1. The number of aliphatic hydroxyl groups is 1. The van der Waals surface area contributed by atoms with E-state index in [0.717, 1.165) is 50.1 Å². The van der Waals surface area contributed by atoms with Gasteiger partial charge < -0.3 is 15.2 Å². The maximum absolute atomic E-state index is 9.47. The Bertz CT molecular complexity index is 448. The van der Waals surface area contributed by atoms with Gasteiger partial charge in [0.2, 0.25) is 0 Å². The summed E-state index contributed by atoms with van der Waals surface area (Å²) < 4.78 is 5.29. The number of hydrogen-bond acceptors (Lipinski definition) is 4. The van der Waals surface area contributed by atoms with Crippen LogP contribution in [0.5, 0.6) is 5.75 Å². The van der Waals surface area contributed by atoms with Gasteiger partial charge in [-0.05, 0) is 55.8 Å². The van der Waals surface area contributed by atoms with E-state index >= 15 is 0 Å². The molecule has 1 saturated carbocycles. The van der Waals surface area contributed by atoms with Crippen molar-refractivity contribution < 1.29 is 9.84 Å². The van der Waals surface area contributed by atoms with Crippen molar-refractivity contribution in [3.05, 3.63) is 29.8 Å². The zero-order valence-electron chi connectivity index (χ0n) is 11.7. The van der Waals surface area contributed by atoms with E-state index in [9.17, 15) is 5.11 Å². The smallest absolute Gasteiger partial charge is 0.174 e. The molecule has 0 saturated heterocycles. The van der Waals surface area contributed by atoms with Gasteiger partial charge in [0.15, 0.2) is 6.61 Å². The summed E-state index contributed by atoms with van der Waals surface area (Å²) in [6.07, 6.45) is 4.01. The largest absolute Gasteiger partial charge is 0.479 e. The van der Waals surface area contributed by atoms with Crippen molar-refractivity contribution in [2.24, 2.45) is 5.92 Å². The fraction of sp³-hybridized carbons (Fsp3) is 0.562. The Morgan fingerprint density at radius 2 is 2.10 bits per heavy atom. The van der Waals surface area contributed by atoms with E-state index in [4.69, 9.17) is 10.00 Å². The van der Waals surface area contributed by atoms with Gasteiger partial charge >= 0.3 is 0 Å². The van der Waals surface area contributed by atoms with Crippen LogP contribution in [-0.4, -0.2) is 24.4 Å². The molecule has 0 spiro atoms. The van der Waals surface area contributed by atoms with E-state index in [1.165, 1.54) is 0 Å². The molecule has 1 aromatic carbocycles. The zero-order valence-corrected chi connectivity index (χ0v) is 11.7. The highest BCUT2D eigenvalue weighted by Crippen LogP contribution is 2.23. The monoisotopic (exact) mass is 274 g/mol. The Kier molecular flexibility index (Phi) is 5.85. The van der Waals surface area contributed by atoms with Crippen LogP contribution in [0.4, 0.5) is 0 Å². The first kappa shape index (κ1) is 14.8. The van der Waals surface area contributed by atoms with Gasteiger partial charge in [-0.25, -0.2) is 0 Å². The van der Waals surface area contributed by atoms with E-state index in [0.29, 0.717) is 5.92 Å². The summed E-state index contributed by atoms with van der Waals surface area (Å²) in [5, 5.41) is 21.4. The molecule has 0 aliphatic heterocycles. The minimum absolute atomic E-state index is 0.0831. The Hall–Kier alpha value is -1.57. The molecule has 0 unspecified atom stereocenters. The third kappa shape index (κ3) is 4.84. The van der Waals surface area contributed by atoms with Gasteiger partial charge in [-0.2, -0.15) is 5.26 Å². The van der Waals surface area contributed by atoms with Crippen LogP contribution in [0.15, 0.2) is 24.3 Å². The third-order valence-electron chi connectivity index (χ3n) is 3.78. The van der Waals surface area contributed by atoms with Gasteiger partial charge in [0, 0.05) is 6.54 Å². The lowest BCUT2D eigenvalue weighted by Gasteiger charge is -2.25. The van der Waals surface area contributed by atoms with Crippen LogP contribution in [0.1, 0.15) is 31.2 Å². The number of nitriles is 1. The fourth-order valence-corrected chi connectivity index (χ4v) is 2.63. The molecule has 1 aliphatic rings. The van der Waals surface area contributed by atoms with Crippen molar-refractivity contribution in [1.29, 1.82) is 5.26 Å². The van der Waals surface area contributed by atoms with Crippen LogP contribution in [0.25, 0.3) is 0 Å². The second-order valence-corrected chi connectivity index (χ2v) is 5.40. The molecule has 4 nitrogen and oxygen atoms in total. The van der Waals surface area contributed by atoms with Gasteiger partial charge in [-0.3, -0.25) is 0 Å². The molecule has 1 aromatic rings. The molecule has 108 valence electrons. The van der Waals surface area contributed by atoms with E-state index in [1.807, 2.05) is 24.3 Å². The highest BCUT2D eigenvalue weighted by Gasteiger charge is 2.18. The Morgan fingerprint density at radius 3 is 2.85 bits per heavy atom. The maximum Gasteiger partial charge on any atom is 0.174 e. The lowest BCUT2D eigenvalue weighted by atomic mass is 9.87. The molecule has 0 bridgehead atoms. The summed E-state index contributed by atoms with van der Waals surface area (Å²) in [7, 11) is 0. The van der Waals surface area contributed by atoms with Crippen LogP contribution < -0.4 is 10.1 Å². The number of nitrogens with one attached hydrogen (secondary N) is 1. The number of hydrogen-bond donors (Lipinski definition) is 2. The highest BCUT2D eigenvalue weighted by atomic mass is 16.5. The summed E-state index contributed by atoms with van der Waals surface area (Å²) in [4.78, 5) is 0. The molecule has 4 heteroatoms. The Labute approximate surface area is 120 Å². The molecule has 1 aliphatic carbocycles. The van der Waals surface area contributed by atoms with Gasteiger partial charge in [-0.15, -0.1) is 0 Å². The predicted molar refractivity (Wildman–Crippen MR) is 77.2 cm³/mol. The molecule has 0 aromatic heterocycles. The van der Waals surface area contributed by atoms with Crippen molar-refractivity contribution >= 4 is 0 Å². The average molecular weight is 274 g/mol. The van der Waals surface area contributed by atoms with Crippen LogP contribution >= 0.6 is 0 Å². The number of nitrogens with zero attached hydrogens (tertiary/aromatic N) is 1. The van der Waals surface area contributed by atoms with Gasteiger partial charge in [0.1, 0.15) is 11.8 Å². The Morgan fingerprint density at radius 1 is 1.30 bits per heavy atom. The molecule has 20 heavy (non-hydrogen) atoms. The molecular weight excluding hydrogens is 252 g/mol. The van der Waals surface area contributed by atoms with Crippen molar-refractivity contribution in [2.45, 2.75) is 38.3 Å². The van der Waals surface area contributed by atoms with Gasteiger partial charge in [0.05, 0.1) is 6.10 Å². The molecule has 2 rings (SSSR count). The second kappa shape index (κ2) is 7.88. The minimum atomic E-state index is -0.0831. The van der Waals surface area contributed by atoms with Crippen molar-refractivity contribution in [3.8, 4) is 11.8 Å². The van der Waals surface area contributed by atoms with Crippen LogP contribution in [0.2, 0.25) is 0 Å². The van der Waals surface area contributed by atoms with Gasteiger partial charge in [0.25, 0.3) is 0 Å². The maximum atomic E-state index is 9.47. The summed E-state index contributed by atoms with van der Waals surface area (Å²) in [6.45, 7) is 1.89. The van der Waals surface area contributed by atoms with E-state index in [1.54, 1.807) is 0 Å². The predicted octanol–water partition coefficient (Wildman–Crippen LogP) is 2.23. The standard InChI is InChI=1S/C16H22N2O2/c17-8-9-20-16-3-1-2-14(10-16)12-18-11-13-4-6-15(19)7-5-13/h1-3,10,13,15,18-19H,4-7,9,11-12H2. The molecule has 0 heterocycles. The van der Waals surface area contributed by atoms with E-state index in [-0.39, 0.29) is 12.7 Å². The van der Waals surface area contributed by atoms with Crippen molar-refractivity contribution in [1.82, 2.24) is 5.32 Å². The van der Waals surface area contributed by atoms with E-state index in [2.05, 4.69) is 11.4 Å². The minimum Gasteiger partial charge on any atom is -0.479 e. The summed E-state index contributed by atoms with van der Waals surface area (Å²) in [6, 6.07) is 9.80. The third-order valence-corrected chi connectivity index (χ3v) is 3.78. The van der Waals surface area contributed by atoms with Gasteiger partial charge in [-0.1, -0.05) is 12.1 Å². The molecule has 0 atom stereocenters.